The van der Waals surface area contributed by atoms with E-state index in [1.165, 1.54) is 83.5 Å². The Balaban J connectivity index is 1.85. The van der Waals surface area contributed by atoms with Crippen molar-refractivity contribution in [2.75, 3.05) is 11.9 Å². The van der Waals surface area contributed by atoms with Gasteiger partial charge >= 0.3 is 0 Å². The standard InChI is InChI=1S/C22H36ClNO/c1-2-3-4-5-6-7-8-9-10-11-12-13-14-19-24-21-17-15-20(16-18-21)22(23)25/h15-18,24H,2-14,19H2,1H3. The van der Waals surface area contributed by atoms with Gasteiger partial charge in [-0.15, -0.1) is 0 Å². The summed E-state index contributed by atoms with van der Waals surface area (Å²) in [6.07, 6.45) is 17.9. The highest BCUT2D eigenvalue weighted by Crippen LogP contribution is 2.14. The highest BCUT2D eigenvalue weighted by Gasteiger charge is 2.00. The monoisotopic (exact) mass is 365 g/mol. The molecular formula is C22H36ClNO. The highest BCUT2D eigenvalue weighted by atomic mass is 35.5. The maximum absolute atomic E-state index is 11.0. The summed E-state index contributed by atoms with van der Waals surface area (Å²) in [5.74, 6) is 0. The smallest absolute Gasteiger partial charge is 0.252 e. The number of carbonyl (C=O) groups excluding carboxylic acids is 1. The third kappa shape index (κ3) is 12.0. The van der Waals surface area contributed by atoms with Gasteiger partial charge in [0.2, 0.25) is 0 Å². The summed E-state index contributed by atoms with van der Waals surface area (Å²) in [6.45, 7) is 3.27. The number of halogens is 1. The second-order valence-corrected chi connectivity index (χ2v) is 7.36. The van der Waals surface area contributed by atoms with Crippen LogP contribution in [0.25, 0.3) is 0 Å². The maximum atomic E-state index is 11.0. The van der Waals surface area contributed by atoms with Crippen LogP contribution in [-0.4, -0.2) is 11.8 Å². The third-order valence-electron chi connectivity index (χ3n) is 4.72. The number of anilines is 1. The molecule has 1 aromatic carbocycles. The highest BCUT2D eigenvalue weighted by molar-refractivity contribution is 6.67. The number of rotatable bonds is 16. The molecule has 0 saturated heterocycles. The topological polar surface area (TPSA) is 29.1 Å². The van der Waals surface area contributed by atoms with E-state index < -0.39 is 5.24 Å². The molecule has 0 spiro atoms. The van der Waals surface area contributed by atoms with Gasteiger partial charge < -0.3 is 5.32 Å². The van der Waals surface area contributed by atoms with Crippen molar-refractivity contribution < 1.29 is 4.79 Å². The number of unbranched alkanes of at least 4 members (excludes halogenated alkanes) is 12. The molecule has 0 aliphatic rings. The summed E-state index contributed by atoms with van der Waals surface area (Å²) >= 11 is 5.44. The van der Waals surface area contributed by atoms with Crippen LogP contribution < -0.4 is 5.32 Å². The fraction of sp³-hybridized carbons (Fsp3) is 0.682. The lowest BCUT2D eigenvalue weighted by Crippen LogP contribution is -2.01. The largest absolute Gasteiger partial charge is 0.385 e. The van der Waals surface area contributed by atoms with E-state index in [0.29, 0.717) is 5.56 Å². The Kier molecular flexibility index (Phi) is 13.4. The molecule has 25 heavy (non-hydrogen) atoms. The van der Waals surface area contributed by atoms with Crippen molar-refractivity contribution >= 4 is 22.5 Å². The second kappa shape index (κ2) is 15.3. The van der Waals surface area contributed by atoms with Crippen molar-refractivity contribution in [3.8, 4) is 0 Å². The summed E-state index contributed by atoms with van der Waals surface area (Å²) in [7, 11) is 0. The van der Waals surface area contributed by atoms with Gasteiger partial charge in [0, 0.05) is 17.8 Å². The Hall–Kier alpha value is -1.02. The molecule has 2 nitrogen and oxygen atoms in total. The molecule has 1 aromatic rings. The van der Waals surface area contributed by atoms with Gasteiger partial charge in [-0.1, -0.05) is 84.0 Å². The summed E-state index contributed by atoms with van der Waals surface area (Å²) in [5, 5.41) is 3.00. The molecule has 1 N–H and O–H groups in total. The minimum Gasteiger partial charge on any atom is -0.385 e. The first-order chi connectivity index (χ1) is 12.2. The first-order valence-electron chi connectivity index (χ1n) is 10.3. The molecule has 0 unspecified atom stereocenters. The van der Waals surface area contributed by atoms with Crippen molar-refractivity contribution in [3.63, 3.8) is 0 Å². The Morgan fingerprint density at radius 1 is 0.760 bits per heavy atom. The molecule has 0 atom stereocenters. The maximum Gasteiger partial charge on any atom is 0.252 e. The predicted molar refractivity (Wildman–Crippen MR) is 111 cm³/mol. The van der Waals surface area contributed by atoms with Gasteiger partial charge in [0.25, 0.3) is 5.24 Å². The molecule has 0 heterocycles. The van der Waals surface area contributed by atoms with Crippen LogP contribution in [0, 0.1) is 0 Å². The van der Waals surface area contributed by atoms with Crippen molar-refractivity contribution in [2.24, 2.45) is 0 Å². The Morgan fingerprint density at radius 3 is 1.64 bits per heavy atom. The molecule has 0 bridgehead atoms. The fourth-order valence-corrected chi connectivity index (χ4v) is 3.22. The van der Waals surface area contributed by atoms with Crippen molar-refractivity contribution in [1.29, 1.82) is 0 Å². The van der Waals surface area contributed by atoms with E-state index in [4.69, 9.17) is 11.6 Å². The van der Waals surface area contributed by atoms with Gasteiger partial charge in [-0.2, -0.15) is 0 Å². The van der Waals surface area contributed by atoms with E-state index in [2.05, 4.69) is 12.2 Å². The molecule has 0 saturated carbocycles. The van der Waals surface area contributed by atoms with Crippen LogP contribution in [0.2, 0.25) is 0 Å². The number of hydrogen-bond acceptors (Lipinski definition) is 2. The molecule has 0 aliphatic carbocycles. The minimum absolute atomic E-state index is 0.400. The number of carbonyl (C=O) groups is 1. The molecule has 0 aromatic heterocycles. The summed E-state index contributed by atoms with van der Waals surface area (Å²) < 4.78 is 0. The first-order valence-corrected chi connectivity index (χ1v) is 10.7. The van der Waals surface area contributed by atoms with Crippen molar-refractivity contribution in [1.82, 2.24) is 0 Å². The van der Waals surface area contributed by atoms with E-state index >= 15 is 0 Å². The quantitative estimate of drug-likeness (QED) is 0.242. The fourth-order valence-electron chi connectivity index (χ4n) is 3.09. The lowest BCUT2D eigenvalue weighted by molar-refractivity contribution is 0.108. The molecule has 0 amide bonds. The molecular weight excluding hydrogens is 330 g/mol. The number of hydrogen-bond donors (Lipinski definition) is 1. The summed E-state index contributed by atoms with van der Waals surface area (Å²) in [5.41, 5.74) is 1.61. The third-order valence-corrected chi connectivity index (χ3v) is 4.94. The van der Waals surface area contributed by atoms with E-state index in [0.717, 1.165) is 12.2 Å². The van der Waals surface area contributed by atoms with Gasteiger partial charge in [0.15, 0.2) is 0 Å². The second-order valence-electron chi connectivity index (χ2n) is 7.02. The van der Waals surface area contributed by atoms with Crippen LogP contribution in [0.3, 0.4) is 0 Å². The average molecular weight is 366 g/mol. The van der Waals surface area contributed by atoms with Crippen LogP contribution in [0.15, 0.2) is 24.3 Å². The van der Waals surface area contributed by atoms with Crippen molar-refractivity contribution in [3.05, 3.63) is 29.8 Å². The normalized spacial score (nSPS) is 10.8. The van der Waals surface area contributed by atoms with E-state index in [1.807, 2.05) is 12.1 Å². The lowest BCUT2D eigenvalue weighted by Gasteiger charge is -2.07. The molecule has 0 fully saturated rings. The first kappa shape index (κ1) is 22.0. The zero-order valence-electron chi connectivity index (χ0n) is 16.0. The molecule has 0 aliphatic heterocycles. The van der Waals surface area contributed by atoms with Crippen LogP contribution in [0.4, 0.5) is 5.69 Å². The van der Waals surface area contributed by atoms with Gasteiger partial charge in [0.1, 0.15) is 0 Å². The predicted octanol–water partition coefficient (Wildman–Crippen LogP) is 7.57. The van der Waals surface area contributed by atoms with Gasteiger partial charge in [-0.3, -0.25) is 4.79 Å². The zero-order chi connectivity index (χ0) is 18.2. The zero-order valence-corrected chi connectivity index (χ0v) is 16.8. The number of nitrogens with one attached hydrogen (secondary N) is 1. The lowest BCUT2D eigenvalue weighted by atomic mass is 10.0. The van der Waals surface area contributed by atoms with Gasteiger partial charge in [-0.05, 0) is 42.3 Å². The van der Waals surface area contributed by atoms with E-state index in [9.17, 15) is 4.79 Å². The van der Waals surface area contributed by atoms with Crippen molar-refractivity contribution in [2.45, 2.75) is 90.4 Å². The van der Waals surface area contributed by atoms with Crippen LogP contribution in [0.5, 0.6) is 0 Å². The Labute approximate surface area is 159 Å². The van der Waals surface area contributed by atoms with Crippen LogP contribution in [0.1, 0.15) is 101 Å². The van der Waals surface area contributed by atoms with E-state index in [1.54, 1.807) is 12.1 Å². The summed E-state index contributed by atoms with van der Waals surface area (Å²) in [6, 6.07) is 7.36. The van der Waals surface area contributed by atoms with Crippen LogP contribution >= 0.6 is 11.6 Å². The SMILES string of the molecule is CCCCCCCCCCCCCCCNc1ccc(C(=O)Cl)cc1. The number of benzene rings is 1. The van der Waals surface area contributed by atoms with Gasteiger partial charge in [-0.25, -0.2) is 0 Å². The van der Waals surface area contributed by atoms with Crippen LogP contribution in [-0.2, 0) is 0 Å². The molecule has 142 valence electrons. The van der Waals surface area contributed by atoms with Gasteiger partial charge in [0.05, 0.1) is 0 Å². The minimum atomic E-state index is -0.400. The average Bonchev–Trinajstić information content (AvgIpc) is 2.62. The Morgan fingerprint density at radius 2 is 1.20 bits per heavy atom. The van der Waals surface area contributed by atoms with E-state index in [-0.39, 0.29) is 0 Å². The molecule has 1 rings (SSSR count). The molecule has 0 radical (unpaired) electrons. The molecule has 3 heteroatoms. The summed E-state index contributed by atoms with van der Waals surface area (Å²) in [4.78, 5) is 11.0. The Bertz CT molecular complexity index is 444.